The van der Waals surface area contributed by atoms with Crippen LogP contribution in [-0.2, 0) is 6.54 Å². The Morgan fingerprint density at radius 1 is 0.788 bits per heavy atom. The molecule has 2 N–H and O–H groups in total. The van der Waals surface area contributed by atoms with Crippen molar-refractivity contribution >= 4 is 16.6 Å². The molecule has 6 rings (SSSR count). The van der Waals surface area contributed by atoms with Crippen molar-refractivity contribution in [3.8, 4) is 33.9 Å². The highest BCUT2D eigenvalue weighted by atomic mass is 15.3. The minimum absolute atomic E-state index is 0.514. The van der Waals surface area contributed by atoms with Crippen LogP contribution >= 0.6 is 0 Å². The second-order valence-electron chi connectivity index (χ2n) is 7.83. The Kier molecular flexibility index (Phi) is 4.63. The quantitative estimate of drug-likeness (QED) is 0.421. The van der Waals surface area contributed by atoms with Gasteiger partial charge in [-0.2, -0.15) is 0 Å². The Bertz CT molecular complexity index is 1570. The molecular formula is C27H20N6. The SMILES string of the molecule is NCc1ccc(-c2nc3ccn4c(-c5ccccn5)nnc4c3cc2-c2ccccc2)cc1. The maximum absolute atomic E-state index is 5.80. The lowest BCUT2D eigenvalue weighted by atomic mass is 9.97. The Labute approximate surface area is 190 Å². The molecule has 33 heavy (non-hydrogen) atoms. The van der Waals surface area contributed by atoms with E-state index < -0.39 is 0 Å². The lowest BCUT2D eigenvalue weighted by molar-refractivity contribution is 1.07. The number of benzene rings is 2. The molecule has 0 aliphatic rings. The first-order chi connectivity index (χ1) is 16.3. The third kappa shape index (κ3) is 3.33. The lowest BCUT2D eigenvalue weighted by Gasteiger charge is -2.12. The second kappa shape index (κ2) is 7.93. The van der Waals surface area contributed by atoms with E-state index in [4.69, 9.17) is 10.7 Å². The summed E-state index contributed by atoms with van der Waals surface area (Å²) in [6.45, 7) is 0.514. The molecule has 0 amide bonds. The summed E-state index contributed by atoms with van der Waals surface area (Å²) in [6, 6.07) is 28.5. The van der Waals surface area contributed by atoms with E-state index in [1.165, 1.54) is 0 Å². The van der Waals surface area contributed by atoms with Gasteiger partial charge in [-0.05, 0) is 35.4 Å². The normalized spacial score (nSPS) is 11.3. The van der Waals surface area contributed by atoms with E-state index in [0.717, 1.165) is 50.2 Å². The van der Waals surface area contributed by atoms with Crippen LogP contribution in [0.3, 0.4) is 0 Å². The smallest absolute Gasteiger partial charge is 0.187 e. The van der Waals surface area contributed by atoms with E-state index in [2.05, 4.69) is 57.6 Å². The topological polar surface area (TPSA) is 82.0 Å². The van der Waals surface area contributed by atoms with Crippen LogP contribution in [0.15, 0.2) is 97.3 Å². The first kappa shape index (κ1) is 19.3. The molecule has 0 fully saturated rings. The maximum atomic E-state index is 5.80. The molecule has 6 heteroatoms. The van der Waals surface area contributed by atoms with Gasteiger partial charge in [-0.1, -0.05) is 60.7 Å². The van der Waals surface area contributed by atoms with Crippen LogP contribution in [0.2, 0.25) is 0 Å². The highest BCUT2D eigenvalue weighted by Crippen LogP contribution is 2.35. The Hall–Kier alpha value is -4.42. The molecule has 0 spiro atoms. The lowest BCUT2D eigenvalue weighted by Crippen LogP contribution is -1.97. The zero-order valence-electron chi connectivity index (χ0n) is 17.8. The number of hydrogen-bond donors (Lipinski definition) is 1. The van der Waals surface area contributed by atoms with Crippen LogP contribution in [0, 0.1) is 0 Å². The summed E-state index contributed by atoms with van der Waals surface area (Å²) >= 11 is 0. The summed E-state index contributed by atoms with van der Waals surface area (Å²) in [4.78, 5) is 9.52. The summed E-state index contributed by atoms with van der Waals surface area (Å²) in [5.74, 6) is 0.704. The fourth-order valence-corrected chi connectivity index (χ4v) is 4.12. The van der Waals surface area contributed by atoms with Gasteiger partial charge in [0.2, 0.25) is 0 Å². The van der Waals surface area contributed by atoms with E-state index in [0.29, 0.717) is 12.4 Å². The summed E-state index contributed by atoms with van der Waals surface area (Å²) in [5.41, 5.74) is 13.4. The van der Waals surface area contributed by atoms with E-state index in [1.54, 1.807) is 6.20 Å². The first-order valence-corrected chi connectivity index (χ1v) is 10.8. The van der Waals surface area contributed by atoms with Crippen molar-refractivity contribution < 1.29 is 0 Å². The van der Waals surface area contributed by atoms with Crippen molar-refractivity contribution in [1.29, 1.82) is 0 Å². The van der Waals surface area contributed by atoms with Crippen molar-refractivity contribution in [2.75, 3.05) is 0 Å². The number of rotatable bonds is 4. The predicted octanol–water partition coefficient (Wildman–Crippen LogP) is 5.13. The molecule has 6 aromatic rings. The highest BCUT2D eigenvalue weighted by molar-refractivity contribution is 5.98. The molecule has 0 saturated heterocycles. The second-order valence-corrected chi connectivity index (χ2v) is 7.83. The van der Waals surface area contributed by atoms with Gasteiger partial charge in [-0.15, -0.1) is 10.2 Å². The number of nitrogens with zero attached hydrogens (tertiary/aromatic N) is 5. The third-order valence-corrected chi connectivity index (χ3v) is 5.81. The monoisotopic (exact) mass is 428 g/mol. The number of nitrogens with two attached hydrogens (primary N) is 1. The van der Waals surface area contributed by atoms with Gasteiger partial charge in [0.15, 0.2) is 11.5 Å². The van der Waals surface area contributed by atoms with Gasteiger partial charge >= 0.3 is 0 Å². The Morgan fingerprint density at radius 2 is 1.61 bits per heavy atom. The van der Waals surface area contributed by atoms with Gasteiger partial charge in [0, 0.05) is 35.5 Å². The molecule has 4 aromatic heterocycles. The molecule has 0 unspecified atom stereocenters. The molecule has 4 heterocycles. The first-order valence-electron chi connectivity index (χ1n) is 10.8. The van der Waals surface area contributed by atoms with E-state index in [1.807, 2.05) is 53.1 Å². The molecule has 2 aromatic carbocycles. The van der Waals surface area contributed by atoms with E-state index >= 15 is 0 Å². The van der Waals surface area contributed by atoms with Crippen molar-refractivity contribution in [1.82, 2.24) is 24.6 Å². The number of pyridine rings is 3. The Morgan fingerprint density at radius 3 is 2.36 bits per heavy atom. The van der Waals surface area contributed by atoms with Gasteiger partial charge in [0.05, 0.1) is 11.2 Å². The van der Waals surface area contributed by atoms with Crippen LogP contribution < -0.4 is 5.73 Å². The number of hydrogen-bond acceptors (Lipinski definition) is 5. The van der Waals surface area contributed by atoms with Gasteiger partial charge < -0.3 is 5.73 Å². The van der Waals surface area contributed by atoms with Gasteiger partial charge in [0.25, 0.3) is 0 Å². The van der Waals surface area contributed by atoms with Gasteiger partial charge in [0.1, 0.15) is 5.69 Å². The maximum Gasteiger partial charge on any atom is 0.187 e. The van der Waals surface area contributed by atoms with Crippen molar-refractivity contribution in [3.63, 3.8) is 0 Å². The molecule has 0 bridgehead atoms. The highest BCUT2D eigenvalue weighted by Gasteiger charge is 2.16. The predicted molar refractivity (Wildman–Crippen MR) is 130 cm³/mol. The van der Waals surface area contributed by atoms with Crippen molar-refractivity contribution in [3.05, 3.63) is 103 Å². The van der Waals surface area contributed by atoms with Crippen molar-refractivity contribution in [2.24, 2.45) is 5.73 Å². The molecule has 158 valence electrons. The largest absolute Gasteiger partial charge is 0.326 e. The number of fused-ring (bicyclic) bond motifs is 3. The summed E-state index contributed by atoms with van der Waals surface area (Å²) in [5, 5.41) is 9.87. The molecular weight excluding hydrogens is 408 g/mol. The molecule has 0 radical (unpaired) electrons. The van der Waals surface area contributed by atoms with E-state index in [-0.39, 0.29) is 0 Å². The molecule has 0 saturated carbocycles. The minimum atomic E-state index is 0.514. The number of aromatic nitrogens is 5. The van der Waals surface area contributed by atoms with Crippen molar-refractivity contribution in [2.45, 2.75) is 6.54 Å². The van der Waals surface area contributed by atoms with Crippen LogP contribution in [0.25, 0.3) is 50.5 Å². The van der Waals surface area contributed by atoms with Gasteiger partial charge in [-0.25, -0.2) is 4.98 Å². The average Bonchev–Trinajstić information content (AvgIpc) is 3.34. The minimum Gasteiger partial charge on any atom is -0.326 e. The summed E-state index contributed by atoms with van der Waals surface area (Å²) in [7, 11) is 0. The summed E-state index contributed by atoms with van der Waals surface area (Å²) < 4.78 is 1.97. The van der Waals surface area contributed by atoms with Crippen LogP contribution in [-0.4, -0.2) is 24.6 Å². The Balaban J connectivity index is 1.62. The van der Waals surface area contributed by atoms with Crippen LogP contribution in [0.5, 0.6) is 0 Å². The third-order valence-electron chi connectivity index (χ3n) is 5.81. The average molecular weight is 428 g/mol. The van der Waals surface area contributed by atoms with Gasteiger partial charge in [-0.3, -0.25) is 9.38 Å². The molecule has 0 aliphatic heterocycles. The standard InChI is InChI=1S/C27H20N6/c28-17-18-9-11-20(12-10-18)25-21(19-6-2-1-3-7-19)16-22-23(30-25)13-15-33-26(22)31-32-27(33)24-8-4-5-14-29-24/h1-16H,17,28H2. The zero-order valence-corrected chi connectivity index (χ0v) is 17.8. The molecule has 0 atom stereocenters. The molecule has 6 nitrogen and oxygen atoms in total. The fraction of sp³-hybridized carbons (Fsp3) is 0.0370. The van der Waals surface area contributed by atoms with E-state index in [9.17, 15) is 0 Å². The summed E-state index contributed by atoms with van der Waals surface area (Å²) in [6.07, 6.45) is 3.72. The van der Waals surface area contributed by atoms with Crippen LogP contribution in [0.1, 0.15) is 5.56 Å². The molecule has 0 aliphatic carbocycles. The fourth-order valence-electron chi connectivity index (χ4n) is 4.12. The zero-order chi connectivity index (χ0) is 22.2. The van der Waals surface area contributed by atoms with Crippen LogP contribution in [0.4, 0.5) is 0 Å².